The summed E-state index contributed by atoms with van der Waals surface area (Å²) in [6.45, 7) is 6.02. The van der Waals surface area contributed by atoms with Crippen LogP contribution in [0, 0.1) is 5.41 Å². The fourth-order valence-corrected chi connectivity index (χ4v) is 5.10. The van der Waals surface area contributed by atoms with E-state index in [9.17, 15) is 19.2 Å². The van der Waals surface area contributed by atoms with Crippen LogP contribution in [-0.2, 0) is 23.8 Å². The molecule has 1 N–H and O–H groups in total. The Hall–Kier alpha value is -6.00. The molecule has 0 atom stereocenters. The topological polar surface area (TPSA) is 138 Å². The Labute approximate surface area is 307 Å². The number of nitrogens with one attached hydrogen (secondary N) is 1. The summed E-state index contributed by atoms with van der Waals surface area (Å²) >= 11 is 6.79. The molecule has 0 aliphatic heterocycles. The van der Waals surface area contributed by atoms with Crippen LogP contribution in [0.3, 0.4) is 0 Å². The number of rotatable bonds is 17. The minimum absolute atomic E-state index is 0.171. The number of carbonyl (C=O) groups is 4. The molecule has 0 aromatic heterocycles. The third-order valence-electron chi connectivity index (χ3n) is 7.53. The maximum Gasteiger partial charge on any atom is 0.513 e. The second kappa shape index (κ2) is 20.0. The highest BCUT2D eigenvalue weighted by molar-refractivity contribution is 6.36. The van der Waals surface area contributed by atoms with Crippen LogP contribution >= 0.6 is 11.6 Å². The van der Waals surface area contributed by atoms with Crippen molar-refractivity contribution in [3.05, 3.63) is 125 Å². The zero-order chi connectivity index (χ0) is 37.3. The summed E-state index contributed by atoms with van der Waals surface area (Å²) < 4.78 is 25.7. The van der Waals surface area contributed by atoms with Crippen LogP contribution in [-0.4, -0.2) is 50.1 Å². The van der Waals surface area contributed by atoms with E-state index in [-0.39, 0.29) is 19.0 Å². The third kappa shape index (κ3) is 11.5. The molecule has 0 saturated heterocycles. The summed E-state index contributed by atoms with van der Waals surface area (Å²) in [7, 11) is 0. The molecule has 11 heteroatoms. The van der Waals surface area contributed by atoms with E-state index in [2.05, 4.69) is 6.58 Å². The number of carbonyl (C=O) groups excluding carboxylic acids is 4. The van der Waals surface area contributed by atoms with Crippen LogP contribution in [0.25, 0.3) is 28.3 Å². The molecule has 0 unspecified atom stereocenters. The van der Waals surface area contributed by atoms with Gasteiger partial charge in [0.05, 0.1) is 30.4 Å². The first-order valence-corrected chi connectivity index (χ1v) is 16.9. The highest BCUT2D eigenvalue weighted by Gasteiger charge is 2.14. The molecule has 0 bridgehead atoms. The summed E-state index contributed by atoms with van der Waals surface area (Å²) in [6, 6.07) is 24.0. The van der Waals surface area contributed by atoms with Gasteiger partial charge in [-0.3, -0.25) is 0 Å². The van der Waals surface area contributed by atoms with Gasteiger partial charge >= 0.3 is 24.1 Å². The van der Waals surface area contributed by atoms with Gasteiger partial charge in [0.2, 0.25) is 0 Å². The summed E-state index contributed by atoms with van der Waals surface area (Å²) in [5, 5.41) is 8.48. The largest absolute Gasteiger partial charge is 0.513 e. The molecular formula is C41H38ClNO9. The van der Waals surface area contributed by atoms with Gasteiger partial charge in [-0.15, -0.1) is 0 Å². The second-order valence-corrected chi connectivity index (χ2v) is 11.6. The standard InChI is InChI=1S/C41H38ClNO9/c1-3-5-24-50-41(47)52-33-17-13-30(14-18-33)35-22-21-34(36(27-43)39(35)42)29-11-8-28(9-12-29)10-23-38(45)51-32-19-15-31(16-20-32)40(46)49-26-7-6-25-48-37(44)4-2/h4,8-23,27,43H,2-3,5-7,24-26H2,1H3/b23-10+,43-27?. The number of esters is 3. The Morgan fingerprint density at radius 3 is 1.92 bits per heavy atom. The number of halogens is 1. The quantitative estimate of drug-likeness (QED) is 0.0215. The van der Waals surface area contributed by atoms with Crippen molar-refractivity contribution in [2.75, 3.05) is 19.8 Å². The van der Waals surface area contributed by atoms with Gasteiger partial charge in [-0.2, -0.15) is 0 Å². The number of benzene rings is 4. The van der Waals surface area contributed by atoms with Gasteiger partial charge < -0.3 is 29.1 Å². The Kier molecular flexibility index (Phi) is 14.9. The first-order chi connectivity index (χ1) is 25.2. The summed E-state index contributed by atoms with van der Waals surface area (Å²) in [6.07, 6.45) is 7.20. The zero-order valence-corrected chi connectivity index (χ0v) is 29.4. The first-order valence-electron chi connectivity index (χ1n) is 16.6. The van der Waals surface area contributed by atoms with Gasteiger partial charge in [-0.25, -0.2) is 19.2 Å². The van der Waals surface area contributed by atoms with Gasteiger partial charge in [0.1, 0.15) is 11.5 Å². The molecule has 0 spiro atoms. The van der Waals surface area contributed by atoms with Crippen LogP contribution in [0.1, 0.15) is 54.1 Å². The molecule has 52 heavy (non-hydrogen) atoms. The summed E-state index contributed by atoms with van der Waals surface area (Å²) in [4.78, 5) is 47.6. The van der Waals surface area contributed by atoms with Crippen LogP contribution in [0.15, 0.2) is 104 Å². The molecule has 0 aliphatic carbocycles. The maximum atomic E-state index is 12.5. The predicted molar refractivity (Wildman–Crippen MR) is 199 cm³/mol. The van der Waals surface area contributed by atoms with Crippen LogP contribution < -0.4 is 9.47 Å². The molecule has 10 nitrogen and oxygen atoms in total. The lowest BCUT2D eigenvalue weighted by Crippen LogP contribution is -2.11. The summed E-state index contributed by atoms with van der Waals surface area (Å²) in [5.74, 6) is -1.01. The van der Waals surface area contributed by atoms with E-state index in [1.807, 2.05) is 43.3 Å². The van der Waals surface area contributed by atoms with E-state index in [1.54, 1.807) is 30.3 Å². The molecule has 0 fully saturated rings. The number of hydrogen-bond acceptors (Lipinski definition) is 10. The van der Waals surface area contributed by atoms with E-state index < -0.39 is 24.1 Å². The van der Waals surface area contributed by atoms with Crippen LogP contribution in [0.5, 0.6) is 11.5 Å². The van der Waals surface area contributed by atoms with Crippen molar-refractivity contribution >= 4 is 48.0 Å². The number of ether oxygens (including phenoxy) is 5. The lowest BCUT2D eigenvalue weighted by Gasteiger charge is -2.13. The highest BCUT2D eigenvalue weighted by atomic mass is 35.5. The first kappa shape index (κ1) is 38.8. The second-order valence-electron chi connectivity index (χ2n) is 11.2. The monoisotopic (exact) mass is 723 g/mol. The van der Waals surface area contributed by atoms with E-state index in [1.165, 1.54) is 36.6 Å². The molecule has 0 heterocycles. The number of unbranched alkanes of at least 4 members (excludes halogenated alkanes) is 2. The fourth-order valence-electron chi connectivity index (χ4n) is 4.77. The maximum absolute atomic E-state index is 12.5. The van der Waals surface area contributed by atoms with Crippen molar-refractivity contribution in [1.29, 1.82) is 5.41 Å². The van der Waals surface area contributed by atoms with Crippen molar-refractivity contribution in [2.24, 2.45) is 0 Å². The van der Waals surface area contributed by atoms with Crippen molar-refractivity contribution in [3.63, 3.8) is 0 Å². The van der Waals surface area contributed by atoms with Gasteiger partial charge in [0.15, 0.2) is 0 Å². The van der Waals surface area contributed by atoms with E-state index in [0.29, 0.717) is 46.9 Å². The minimum Gasteiger partial charge on any atom is -0.463 e. The Morgan fingerprint density at radius 2 is 1.27 bits per heavy atom. The van der Waals surface area contributed by atoms with Gasteiger partial charge in [0.25, 0.3) is 0 Å². The minimum atomic E-state index is -0.753. The molecule has 4 rings (SSSR count). The highest BCUT2D eigenvalue weighted by Crippen LogP contribution is 2.37. The molecule has 4 aromatic rings. The van der Waals surface area contributed by atoms with Gasteiger partial charge in [-0.05, 0) is 84.0 Å². The Bertz CT molecular complexity index is 1900. The molecule has 0 saturated carbocycles. The normalized spacial score (nSPS) is 10.7. The fraction of sp³-hybridized carbons (Fsp3) is 0.195. The SMILES string of the molecule is C=CC(=O)OCCCCOC(=O)c1ccc(OC(=O)/C=C/c2ccc(-c3ccc(-c4ccc(OC(=O)OCCCC)cc4)c(Cl)c3C=N)cc2)cc1. The van der Waals surface area contributed by atoms with E-state index in [4.69, 9.17) is 40.7 Å². The zero-order valence-electron chi connectivity index (χ0n) is 28.6. The van der Waals surface area contributed by atoms with Crippen molar-refractivity contribution in [1.82, 2.24) is 0 Å². The van der Waals surface area contributed by atoms with E-state index >= 15 is 0 Å². The van der Waals surface area contributed by atoms with E-state index in [0.717, 1.165) is 41.2 Å². The number of hydrogen-bond donors (Lipinski definition) is 1. The molecule has 268 valence electrons. The Morgan fingerprint density at radius 1 is 0.692 bits per heavy atom. The van der Waals surface area contributed by atoms with Crippen molar-refractivity contribution < 1.29 is 42.9 Å². The third-order valence-corrected chi connectivity index (χ3v) is 7.94. The van der Waals surface area contributed by atoms with Crippen LogP contribution in [0.2, 0.25) is 5.02 Å². The van der Waals surface area contributed by atoms with Crippen molar-refractivity contribution in [3.8, 4) is 33.8 Å². The predicted octanol–water partition coefficient (Wildman–Crippen LogP) is 9.27. The lowest BCUT2D eigenvalue weighted by atomic mass is 9.94. The molecular weight excluding hydrogens is 686 g/mol. The molecule has 4 aromatic carbocycles. The average Bonchev–Trinajstić information content (AvgIpc) is 3.16. The molecule has 0 amide bonds. The lowest BCUT2D eigenvalue weighted by molar-refractivity contribution is -0.138. The van der Waals surface area contributed by atoms with Crippen molar-refractivity contribution in [2.45, 2.75) is 32.6 Å². The van der Waals surface area contributed by atoms with Crippen LogP contribution in [0.4, 0.5) is 4.79 Å². The molecule has 0 radical (unpaired) electrons. The smallest absolute Gasteiger partial charge is 0.463 e. The average molecular weight is 724 g/mol. The molecule has 0 aliphatic rings. The van der Waals surface area contributed by atoms with Gasteiger partial charge in [-0.1, -0.05) is 80.1 Å². The Balaban J connectivity index is 1.30. The van der Waals surface area contributed by atoms with Gasteiger partial charge in [0, 0.05) is 29.5 Å². The summed E-state index contributed by atoms with van der Waals surface area (Å²) in [5.41, 5.74) is 4.66.